The molecule has 10 heteroatoms. The molecule has 4 aliphatic rings. The molecule has 0 unspecified atom stereocenters. The van der Waals surface area contributed by atoms with Crippen LogP contribution in [0.3, 0.4) is 0 Å². The number of benzene rings is 1. The molecule has 7 rings (SSSR count). The maximum atomic E-state index is 12.8. The van der Waals surface area contributed by atoms with E-state index in [1.165, 1.54) is 10.9 Å². The van der Waals surface area contributed by atoms with Crippen molar-refractivity contribution in [3.8, 4) is 10.4 Å². The lowest BCUT2D eigenvalue weighted by Crippen LogP contribution is -2.77. The van der Waals surface area contributed by atoms with Crippen LogP contribution in [-0.4, -0.2) is 41.0 Å². The normalized spacial score (nSPS) is 27.3. The van der Waals surface area contributed by atoms with Crippen molar-refractivity contribution in [3.63, 3.8) is 0 Å². The molecule has 1 amide bonds. The van der Waals surface area contributed by atoms with Crippen molar-refractivity contribution in [2.75, 3.05) is 6.26 Å². The summed E-state index contributed by atoms with van der Waals surface area (Å²) in [5, 5.41) is 9.23. The van der Waals surface area contributed by atoms with Crippen molar-refractivity contribution >= 4 is 38.8 Å². The van der Waals surface area contributed by atoms with Crippen LogP contribution >= 0.6 is 22.9 Å². The fraction of sp³-hybridized carbons (Fsp3) is 0.409. The fourth-order valence-electron chi connectivity index (χ4n) is 5.31. The summed E-state index contributed by atoms with van der Waals surface area (Å²) in [6, 6.07) is 9.08. The van der Waals surface area contributed by atoms with Crippen molar-refractivity contribution in [3.05, 3.63) is 58.4 Å². The average Bonchev–Trinajstić information content (AvgIpc) is 3.14. The lowest BCUT2D eigenvalue weighted by Gasteiger charge is -2.69. The Morgan fingerprint density at radius 3 is 2.47 bits per heavy atom. The highest BCUT2D eigenvalue weighted by atomic mass is 35.5. The van der Waals surface area contributed by atoms with E-state index >= 15 is 0 Å². The number of amides is 1. The van der Waals surface area contributed by atoms with Crippen molar-refractivity contribution in [1.82, 2.24) is 20.1 Å². The Morgan fingerprint density at radius 1 is 1.16 bits per heavy atom. The number of nitrogens with zero attached hydrogens (tertiary/aromatic N) is 3. The van der Waals surface area contributed by atoms with Crippen molar-refractivity contribution in [2.24, 2.45) is 0 Å². The van der Waals surface area contributed by atoms with Crippen LogP contribution in [0, 0.1) is 0 Å². The molecule has 32 heavy (non-hydrogen) atoms. The van der Waals surface area contributed by atoms with Gasteiger partial charge < -0.3 is 5.32 Å². The lowest BCUT2D eigenvalue weighted by atomic mass is 9.39. The lowest BCUT2D eigenvalue weighted by molar-refractivity contribution is -0.0789. The van der Waals surface area contributed by atoms with Crippen LogP contribution in [0.1, 0.15) is 42.8 Å². The number of nitrogens with one attached hydrogen (secondary N) is 1. The summed E-state index contributed by atoms with van der Waals surface area (Å²) in [7, 11) is -3.26. The quantitative estimate of drug-likeness (QED) is 0.582. The molecule has 2 bridgehead atoms. The van der Waals surface area contributed by atoms with Crippen LogP contribution in [0.25, 0.3) is 10.4 Å². The third-order valence-corrected chi connectivity index (χ3v) is 10.8. The highest BCUT2D eigenvalue weighted by Gasteiger charge is 2.70. The fourth-order valence-corrected chi connectivity index (χ4v) is 7.87. The summed E-state index contributed by atoms with van der Waals surface area (Å²) in [5.41, 5.74) is 1.39. The van der Waals surface area contributed by atoms with E-state index in [2.05, 4.69) is 15.4 Å². The second-order valence-corrected chi connectivity index (χ2v) is 13.3. The third kappa shape index (κ3) is 2.90. The second-order valence-electron chi connectivity index (χ2n) is 9.47. The molecule has 0 aliphatic heterocycles. The van der Waals surface area contributed by atoms with E-state index in [0.717, 1.165) is 34.7 Å². The van der Waals surface area contributed by atoms with Crippen LogP contribution in [-0.2, 0) is 20.0 Å². The number of carbonyl (C=O) groups excluding carboxylic acids is 1. The Hall–Kier alpha value is -2.23. The summed E-state index contributed by atoms with van der Waals surface area (Å²) in [5.74, 6) is 0. The Balaban J connectivity index is 1.12. The van der Waals surface area contributed by atoms with Gasteiger partial charge >= 0.3 is 6.03 Å². The summed E-state index contributed by atoms with van der Waals surface area (Å²) in [4.78, 5) is 18.5. The number of aromatic nitrogens is 3. The minimum absolute atomic E-state index is 0.0479. The first-order valence-corrected chi connectivity index (χ1v) is 13.5. The number of hydrogen-bond donors (Lipinski definition) is 1. The molecule has 1 N–H and O–H groups in total. The molecule has 4 fully saturated rings. The van der Waals surface area contributed by atoms with E-state index in [-0.39, 0.29) is 17.0 Å². The monoisotopic (exact) mass is 488 g/mol. The average molecular weight is 489 g/mol. The first kappa shape index (κ1) is 20.4. The molecule has 0 atom stereocenters. The zero-order chi connectivity index (χ0) is 22.4. The predicted octanol–water partition coefficient (Wildman–Crippen LogP) is 4.13. The number of halogens is 1. The molecule has 4 aliphatic carbocycles. The standard InChI is InChI=1S/C22H21ClN4O3S2/c1-32(29,30)22(7-8-22)17-6-9-27(26-17)19(28)25-21-11-20(12-21,13-21)18-24-10-16(31-18)14-2-4-15(23)5-3-14/h2-6,9-10H,7-8,11-13H2,1H3,(H,25,28). The van der Waals surface area contributed by atoms with Gasteiger partial charge in [0.15, 0.2) is 9.84 Å². The van der Waals surface area contributed by atoms with Crippen molar-refractivity contribution < 1.29 is 13.2 Å². The molecule has 0 saturated heterocycles. The van der Waals surface area contributed by atoms with Crippen molar-refractivity contribution in [2.45, 2.75) is 47.8 Å². The van der Waals surface area contributed by atoms with Crippen LogP contribution < -0.4 is 5.32 Å². The van der Waals surface area contributed by atoms with Gasteiger partial charge in [-0.05, 0) is 55.9 Å². The Kier molecular flexibility index (Phi) is 4.09. The number of carbonyl (C=O) groups is 1. The zero-order valence-electron chi connectivity index (χ0n) is 17.3. The van der Waals surface area contributed by atoms with Gasteiger partial charge in [-0.25, -0.2) is 18.2 Å². The minimum Gasteiger partial charge on any atom is -0.331 e. The van der Waals surface area contributed by atoms with Crippen LogP contribution in [0.15, 0.2) is 42.7 Å². The molecule has 2 aromatic heterocycles. The van der Waals surface area contributed by atoms with Gasteiger partial charge in [0.05, 0.1) is 15.6 Å². The van der Waals surface area contributed by atoms with Gasteiger partial charge in [0, 0.05) is 34.6 Å². The summed E-state index contributed by atoms with van der Waals surface area (Å²) in [6.07, 6.45) is 8.40. The molecule has 2 heterocycles. The summed E-state index contributed by atoms with van der Waals surface area (Å²) < 4.78 is 24.5. The van der Waals surface area contributed by atoms with Gasteiger partial charge in [0.1, 0.15) is 4.75 Å². The second kappa shape index (κ2) is 6.42. The first-order valence-electron chi connectivity index (χ1n) is 10.4. The maximum absolute atomic E-state index is 12.8. The van der Waals surface area contributed by atoms with Gasteiger partial charge in [-0.1, -0.05) is 23.7 Å². The molecule has 1 aromatic carbocycles. The summed E-state index contributed by atoms with van der Waals surface area (Å²) >= 11 is 7.68. The predicted molar refractivity (Wildman–Crippen MR) is 123 cm³/mol. The van der Waals surface area contributed by atoms with E-state index in [0.29, 0.717) is 23.6 Å². The maximum Gasteiger partial charge on any atom is 0.342 e. The molecule has 0 radical (unpaired) electrons. The number of rotatable bonds is 5. The topological polar surface area (TPSA) is 94.0 Å². The third-order valence-electron chi connectivity index (χ3n) is 7.17. The number of hydrogen-bond acceptors (Lipinski definition) is 6. The molecule has 0 spiro atoms. The van der Waals surface area contributed by atoms with E-state index in [4.69, 9.17) is 11.6 Å². The number of thiazole rings is 1. The van der Waals surface area contributed by atoms with Crippen molar-refractivity contribution in [1.29, 1.82) is 0 Å². The van der Waals surface area contributed by atoms with Gasteiger partial charge in [-0.2, -0.15) is 9.78 Å². The minimum atomic E-state index is -3.26. The molecular weight excluding hydrogens is 468 g/mol. The molecule has 4 saturated carbocycles. The van der Waals surface area contributed by atoms with Gasteiger partial charge in [0.25, 0.3) is 0 Å². The van der Waals surface area contributed by atoms with Gasteiger partial charge in [0.2, 0.25) is 0 Å². The Labute approximate surface area is 194 Å². The van der Waals surface area contributed by atoms with Gasteiger partial charge in [-0.3, -0.25) is 0 Å². The highest BCUT2D eigenvalue weighted by Crippen LogP contribution is 2.68. The smallest absolute Gasteiger partial charge is 0.331 e. The Morgan fingerprint density at radius 2 is 1.84 bits per heavy atom. The van der Waals surface area contributed by atoms with E-state index in [9.17, 15) is 13.2 Å². The highest BCUT2D eigenvalue weighted by molar-refractivity contribution is 7.91. The van der Waals surface area contributed by atoms with Crippen LogP contribution in [0.5, 0.6) is 0 Å². The van der Waals surface area contributed by atoms with Crippen LogP contribution in [0.4, 0.5) is 4.79 Å². The first-order chi connectivity index (χ1) is 15.1. The van der Waals surface area contributed by atoms with E-state index in [1.807, 2.05) is 30.5 Å². The summed E-state index contributed by atoms with van der Waals surface area (Å²) in [6.45, 7) is 0. The molecular formula is C22H21ClN4O3S2. The molecule has 7 nitrogen and oxygen atoms in total. The van der Waals surface area contributed by atoms with Crippen LogP contribution in [0.2, 0.25) is 5.02 Å². The molecule has 3 aromatic rings. The Bertz CT molecular complexity index is 1340. The molecule has 166 valence electrons. The van der Waals surface area contributed by atoms with Gasteiger partial charge in [-0.15, -0.1) is 11.3 Å². The number of sulfone groups is 1. The van der Waals surface area contributed by atoms with E-state index < -0.39 is 14.6 Å². The SMILES string of the molecule is CS(=O)(=O)C1(c2ccn(C(=O)NC34CC(c5ncc(-c6ccc(Cl)cc6)s5)(C3)C4)n2)CC1. The van der Waals surface area contributed by atoms with E-state index in [1.54, 1.807) is 23.6 Å². The largest absolute Gasteiger partial charge is 0.342 e. The zero-order valence-corrected chi connectivity index (χ0v) is 19.7.